The third-order valence-electron chi connectivity index (χ3n) is 4.41. The molecule has 0 spiro atoms. The fourth-order valence-corrected chi connectivity index (χ4v) is 3.29. The highest BCUT2D eigenvalue weighted by molar-refractivity contribution is 6.29. The monoisotopic (exact) mass is 299 g/mol. The van der Waals surface area contributed by atoms with Gasteiger partial charge in [-0.1, -0.05) is 29.8 Å². The van der Waals surface area contributed by atoms with Crippen LogP contribution in [-0.4, -0.2) is 16.0 Å². The van der Waals surface area contributed by atoms with Gasteiger partial charge >= 0.3 is 0 Å². The molecule has 1 aliphatic heterocycles. The predicted octanol–water partition coefficient (Wildman–Crippen LogP) is 4.48. The van der Waals surface area contributed by atoms with Gasteiger partial charge in [-0.25, -0.2) is 9.97 Å². The van der Waals surface area contributed by atoms with E-state index in [1.54, 1.807) is 0 Å². The summed E-state index contributed by atoms with van der Waals surface area (Å²) in [5, 5.41) is 0.553. The highest BCUT2D eigenvalue weighted by Crippen LogP contribution is 2.41. The van der Waals surface area contributed by atoms with Crippen molar-refractivity contribution in [3.05, 3.63) is 46.9 Å². The van der Waals surface area contributed by atoms with Crippen LogP contribution in [0.5, 0.6) is 0 Å². The summed E-state index contributed by atoms with van der Waals surface area (Å²) in [6.07, 6.45) is 4.64. The molecular formula is C17H18ClN3. The van der Waals surface area contributed by atoms with Gasteiger partial charge in [-0.3, -0.25) is 0 Å². The average molecular weight is 300 g/mol. The first-order valence-corrected chi connectivity index (χ1v) is 8.02. The number of aromatic nitrogens is 2. The van der Waals surface area contributed by atoms with Crippen LogP contribution in [0.3, 0.4) is 0 Å². The molecule has 4 rings (SSSR count). The fraction of sp³-hybridized carbons (Fsp3) is 0.412. The zero-order valence-corrected chi connectivity index (χ0v) is 12.8. The second-order valence-electron chi connectivity index (χ2n) is 6.07. The third kappa shape index (κ3) is 2.40. The molecule has 1 aromatic heterocycles. The van der Waals surface area contributed by atoms with E-state index in [1.165, 1.54) is 24.1 Å². The molecule has 0 bridgehead atoms. The summed E-state index contributed by atoms with van der Waals surface area (Å²) >= 11 is 6.24. The summed E-state index contributed by atoms with van der Waals surface area (Å²) in [5.41, 5.74) is 2.64. The number of aryl methyl sites for hydroxylation is 1. The molecule has 0 N–H and O–H groups in total. The Balaban J connectivity index is 1.82. The van der Waals surface area contributed by atoms with E-state index in [2.05, 4.69) is 41.1 Å². The summed E-state index contributed by atoms with van der Waals surface area (Å²) in [6.45, 7) is 2.25. The van der Waals surface area contributed by atoms with Gasteiger partial charge in [-0.05, 0) is 44.2 Å². The van der Waals surface area contributed by atoms with Crippen molar-refractivity contribution < 1.29 is 0 Å². The highest BCUT2D eigenvalue weighted by Gasteiger charge is 2.30. The Morgan fingerprint density at radius 1 is 1.14 bits per heavy atom. The molecule has 2 heterocycles. The lowest BCUT2D eigenvalue weighted by Gasteiger charge is -2.36. The lowest BCUT2D eigenvalue weighted by atomic mass is 9.97. The minimum Gasteiger partial charge on any atom is -0.323 e. The minimum absolute atomic E-state index is 0.429. The molecular weight excluding hydrogens is 282 g/mol. The van der Waals surface area contributed by atoms with Gasteiger partial charge in [0.25, 0.3) is 0 Å². The van der Waals surface area contributed by atoms with Crippen molar-refractivity contribution in [1.29, 1.82) is 0 Å². The van der Waals surface area contributed by atoms with Crippen molar-refractivity contribution in [1.82, 2.24) is 9.97 Å². The number of nitrogens with zero attached hydrogens (tertiary/aromatic N) is 3. The Morgan fingerprint density at radius 2 is 1.95 bits per heavy atom. The summed E-state index contributed by atoms with van der Waals surface area (Å²) in [7, 11) is 0. The van der Waals surface area contributed by atoms with Gasteiger partial charge in [-0.2, -0.15) is 0 Å². The van der Waals surface area contributed by atoms with Crippen LogP contribution in [0.4, 0.5) is 11.5 Å². The summed E-state index contributed by atoms with van der Waals surface area (Å²) in [6, 6.07) is 10.9. The Labute approximate surface area is 130 Å². The van der Waals surface area contributed by atoms with Gasteiger partial charge in [0.15, 0.2) is 0 Å². The second kappa shape index (κ2) is 4.99. The van der Waals surface area contributed by atoms with Crippen molar-refractivity contribution in [3.8, 4) is 0 Å². The molecule has 2 aromatic rings. The molecule has 1 unspecified atom stereocenters. The highest BCUT2D eigenvalue weighted by atomic mass is 35.5. The molecule has 1 aliphatic carbocycles. The number of hydrogen-bond acceptors (Lipinski definition) is 3. The lowest BCUT2D eigenvalue weighted by Crippen LogP contribution is -2.34. The number of anilines is 2. The first kappa shape index (κ1) is 13.1. The zero-order valence-electron chi connectivity index (χ0n) is 12.1. The number of hydrogen-bond donors (Lipinski definition) is 0. The van der Waals surface area contributed by atoms with Gasteiger partial charge in [0.05, 0.1) is 0 Å². The summed E-state index contributed by atoms with van der Waals surface area (Å²) in [4.78, 5) is 11.5. The molecule has 0 radical (unpaired) electrons. The third-order valence-corrected chi connectivity index (χ3v) is 4.60. The van der Waals surface area contributed by atoms with Crippen LogP contribution in [0.25, 0.3) is 0 Å². The SMILES string of the molecule is CC1CCc2ccccc2N1c1cc(Cl)nc(C2CC2)n1. The normalized spacial score (nSPS) is 21.2. The Hall–Kier alpha value is -1.61. The van der Waals surface area contributed by atoms with E-state index in [1.807, 2.05) is 6.07 Å². The quantitative estimate of drug-likeness (QED) is 0.766. The van der Waals surface area contributed by atoms with Crippen molar-refractivity contribution in [2.45, 2.75) is 44.6 Å². The molecule has 21 heavy (non-hydrogen) atoms. The van der Waals surface area contributed by atoms with Crippen LogP contribution in [0.15, 0.2) is 30.3 Å². The van der Waals surface area contributed by atoms with E-state index < -0.39 is 0 Å². The van der Waals surface area contributed by atoms with Crippen molar-refractivity contribution in [2.75, 3.05) is 4.90 Å². The standard InChI is InChI=1S/C17H18ClN3/c1-11-6-7-12-4-2-3-5-14(12)21(11)16-10-15(18)19-17(20-16)13-8-9-13/h2-5,10-11,13H,6-9H2,1H3. The van der Waals surface area contributed by atoms with E-state index in [4.69, 9.17) is 16.6 Å². The maximum absolute atomic E-state index is 6.24. The Kier molecular flexibility index (Phi) is 3.11. The lowest BCUT2D eigenvalue weighted by molar-refractivity contribution is 0.611. The second-order valence-corrected chi connectivity index (χ2v) is 6.45. The predicted molar refractivity (Wildman–Crippen MR) is 85.4 cm³/mol. The molecule has 0 amide bonds. The summed E-state index contributed by atoms with van der Waals surface area (Å²) < 4.78 is 0. The fourth-order valence-electron chi connectivity index (χ4n) is 3.11. The maximum atomic E-state index is 6.24. The molecule has 1 aromatic carbocycles. The summed E-state index contributed by atoms with van der Waals surface area (Å²) in [5.74, 6) is 2.36. The minimum atomic E-state index is 0.429. The Bertz CT molecular complexity index is 681. The van der Waals surface area contributed by atoms with E-state index in [-0.39, 0.29) is 0 Å². The number of fused-ring (bicyclic) bond motifs is 1. The molecule has 2 aliphatic rings. The van der Waals surface area contributed by atoms with Gasteiger partial charge in [0, 0.05) is 23.7 Å². The van der Waals surface area contributed by atoms with Crippen LogP contribution >= 0.6 is 11.6 Å². The van der Waals surface area contributed by atoms with Crippen LogP contribution in [0.1, 0.15) is 43.5 Å². The van der Waals surface area contributed by atoms with Gasteiger partial charge in [-0.15, -0.1) is 0 Å². The molecule has 1 fully saturated rings. The van der Waals surface area contributed by atoms with Crippen molar-refractivity contribution in [2.24, 2.45) is 0 Å². The Morgan fingerprint density at radius 3 is 2.76 bits per heavy atom. The van der Waals surface area contributed by atoms with E-state index in [9.17, 15) is 0 Å². The molecule has 108 valence electrons. The van der Waals surface area contributed by atoms with Gasteiger partial charge < -0.3 is 4.90 Å². The van der Waals surface area contributed by atoms with Crippen LogP contribution in [-0.2, 0) is 6.42 Å². The number of para-hydroxylation sites is 1. The average Bonchev–Trinajstić information content (AvgIpc) is 3.31. The maximum Gasteiger partial charge on any atom is 0.138 e. The molecule has 1 saturated carbocycles. The van der Waals surface area contributed by atoms with Crippen LogP contribution in [0.2, 0.25) is 5.15 Å². The van der Waals surface area contributed by atoms with E-state index in [0.717, 1.165) is 24.5 Å². The topological polar surface area (TPSA) is 29.0 Å². The zero-order chi connectivity index (χ0) is 14.4. The molecule has 3 nitrogen and oxygen atoms in total. The number of benzene rings is 1. The van der Waals surface area contributed by atoms with E-state index in [0.29, 0.717) is 17.1 Å². The largest absolute Gasteiger partial charge is 0.323 e. The van der Waals surface area contributed by atoms with E-state index >= 15 is 0 Å². The van der Waals surface area contributed by atoms with Crippen LogP contribution < -0.4 is 4.90 Å². The van der Waals surface area contributed by atoms with Gasteiger partial charge in [0.1, 0.15) is 16.8 Å². The van der Waals surface area contributed by atoms with Gasteiger partial charge in [0.2, 0.25) is 0 Å². The van der Waals surface area contributed by atoms with Crippen molar-refractivity contribution >= 4 is 23.1 Å². The van der Waals surface area contributed by atoms with Crippen molar-refractivity contribution in [3.63, 3.8) is 0 Å². The molecule has 0 saturated heterocycles. The number of rotatable bonds is 2. The first-order valence-electron chi connectivity index (χ1n) is 7.64. The van der Waals surface area contributed by atoms with Crippen LogP contribution in [0, 0.1) is 0 Å². The molecule has 1 atom stereocenters. The smallest absolute Gasteiger partial charge is 0.138 e. The molecule has 4 heteroatoms. The first-order chi connectivity index (χ1) is 10.2. The number of halogens is 1.